The van der Waals surface area contributed by atoms with Crippen molar-refractivity contribution >= 4 is 10.9 Å². The maximum Gasteiger partial charge on any atom is 0.123 e. The molecule has 0 unspecified atom stereocenters. The molecule has 0 spiro atoms. The number of halogens is 1. The van der Waals surface area contributed by atoms with Gasteiger partial charge in [0, 0.05) is 18.1 Å². The van der Waals surface area contributed by atoms with Gasteiger partial charge in [0.1, 0.15) is 5.82 Å². The summed E-state index contributed by atoms with van der Waals surface area (Å²) in [6.07, 6.45) is 1.77. The summed E-state index contributed by atoms with van der Waals surface area (Å²) < 4.78 is 13.6. The molecule has 0 bridgehead atoms. The molecule has 2 nitrogen and oxygen atoms in total. The summed E-state index contributed by atoms with van der Waals surface area (Å²) in [5.74, 6) is -0.221. The largest absolute Gasteiger partial charge is 0.316 e. The first kappa shape index (κ1) is 12.8. The maximum atomic E-state index is 13.6. The Morgan fingerprint density at radius 3 is 2.85 bits per heavy atom. The zero-order valence-corrected chi connectivity index (χ0v) is 11.2. The summed E-state index contributed by atoms with van der Waals surface area (Å²) in [6, 6.07) is 14.9. The van der Waals surface area contributed by atoms with Gasteiger partial charge in [-0.2, -0.15) is 0 Å². The molecule has 3 aromatic rings. The number of fused-ring (bicyclic) bond motifs is 1. The fraction of sp³-hybridized carbons (Fsp3) is 0.118. The molecule has 0 saturated carbocycles. The van der Waals surface area contributed by atoms with Gasteiger partial charge in [-0.25, -0.2) is 4.39 Å². The summed E-state index contributed by atoms with van der Waals surface area (Å²) in [5.41, 5.74) is 3.89. The standard InChI is InChI=1S/C17H15FN2/c1-19-11-14-6-7-15(18)10-16(14)13-5-4-12-3-2-8-20-17(12)9-13/h2-10,19H,11H2,1H3. The van der Waals surface area contributed by atoms with Crippen LogP contribution in [0.3, 0.4) is 0 Å². The first-order chi connectivity index (χ1) is 9.78. The molecule has 0 aliphatic carbocycles. The average Bonchev–Trinajstić information content (AvgIpc) is 2.49. The van der Waals surface area contributed by atoms with Crippen molar-refractivity contribution in [1.82, 2.24) is 10.3 Å². The van der Waals surface area contributed by atoms with Crippen LogP contribution in [0.2, 0.25) is 0 Å². The average molecular weight is 266 g/mol. The van der Waals surface area contributed by atoms with Gasteiger partial charge in [0.05, 0.1) is 5.52 Å². The third kappa shape index (κ3) is 2.40. The SMILES string of the molecule is CNCc1ccc(F)cc1-c1ccc2cccnc2c1. The van der Waals surface area contributed by atoms with Gasteiger partial charge in [0.2, 0.25) is 0 Å². The quantitative estimate of drug-likeness (QED) is 0.780. The van der Waals surface area contributed by atoms with Gasteiger partial charge in [-0.1, -0.05) is 24.3 Å². The van der Waals surface area contributed by atoms with E-state index < -0.39 is 0 Å². The lowest BCUT2D eigenvalue weighted by Crippen LogP contribution is -2.06. The Kier molecular flexibility index (Phi) is 3.44. The van der Waals surface area contributed by atoms with Crippen molar-refractivity contribution in [2.24, 2.45) is 0 Å². The fourth-order valence-electron chi connectivity index (χ4n) is 2.40. The highest BCUT2D eigenvalue weighted by Gasteiger charge is 2.07. The van der Waals surface area contributed by atoms with Crippen molar-refractivity contribution in [1.29, 1.82) is 0 Å². The molecule has 2 aromatic carbocycles. The second-order valence-electron chi connectivity index (χ2n) is 4.74. The molecule has 0 aliphatic rings. The Balaban J connectivity index is 2.16. The van der Waals surface area contributed by atoms with Crippen LogP contribution in [0.4, 0.5) is 4.39 Å². The van der Waals surface area contributed by atoms with E-state index in [0.717, 1.165) is 27.6 Å². The minimum atomic E-state index is -0.221. The Labute approximate surface area is 117 Å². The summed E-state index contributed by atoms with van der Waals surface area (Å²) in [4.78, 5) is 4.36. The minimum absolute atomic E-state index is 0.221. The van der Waals surface area contributed by atoms with Gasteiger partial charge in [-0.15, -0.1) is 0 Å². The number of benzene rings is 2. The zero-order valence-electron chi connectivity index (χ0n) is 11.2. The molecule has 3 rings (SSSR count). The van der Waals surface area contributed by atoms with Gasteiger partial charge in [0.15, 0.2) is 0 Å². The van der Waals surface area contributed by atoms with Crippen molar-refractivity contribution in [2.75, 3.05) is 7.05 Å². The molecule has 1 heterocycles. The van der Waals surface area contributed by atoms with Crippen molar-refractivity contribution in [3.8, 4) is 11.1 Å². The van der Waals surface area contributed by atoms with Crippen LogP contribution in [0.1, 0.15) is 5.56 Å². The maximum absolute atomic E-state index is 13.6. The Morgan fingerprint density at radius 1 is 1.10 bits per heavy atom. The van der Waals surface area contributed by atoms with E-state index >= 15 is 0 Å². The van der Waals surface area contributed by atoms with E-state index in [1.165, 1.54) is 6.07 Å². The molecule has 0 fully saturated rings. The van der Waals surface area contributed by atoms with Crippen LogP contribution < -0.4 is 5.32 Å². The summed E-state index contributed by atoms with van der Waals surface area (Å²) >= 11 is 0. The van der Waals surface area contributed by atoms with Crippen LogP contribution in [0.5, 0.6) is 0 Å². The molecule has 1 aromatic heterocycles. The molecule has 3 heteroatoms. The van der Waals surface area contributed by atoms with Crippen LogP contribution in [-0.4, -0.2) is 12.0 Å². The smallest absolute Gasteiger partial charge is 0.123 e. The number of nitrogens with zero attached hydrogens (tertiary/aromatic N) is 1. The van der Waals surface area contributed by atoms with E-state index in [4.69, 9.17) is 0 Å². The van der Waals surface area contributed by atoms with Crippen molar-refractivity contribution in [3.05, 3.63) is 66.1 Å². The van der Waals surface area contributed by atoms with E-state index in [1.807, 2.05) is 43.4 Å². The van der Waals surface area contributed by atoms with E-state index in [-0.39, 0.29) is 5.82 Å². The highest BCUT2D eigenvalue weighted by atomic mass is 19.1. The summed E-state index contributed by atoms with van der Waals surface area (Å²) in [6.45, 7) is 0.704. The molecular weight excluding hydrogens is 251 g/mol. The zero-order chi connectivity index (χ0) is 13.9. The number of nitrogens with one attached hydrogen (secondary N) is 1. The second kappa shape index (κ2) is 5.39. The van der Waals surface area contributed by atoms with Gasteiger partial charge >= 0.3 is 0 Å². The topological polar surface area (TPSA) is 24.9 Å². The Hall–Kier alpha value is -2.26. The second-order valence-corrected chi connectivity index (χ2v) is 4.74. The highest BCUT2D eigenvalue weighted by molar-refractivity contribution is 5.84. The molecule has 0 radical (unpaired) electrons. The van der Waals surface area contributed by atoms with Crippen LogP contribution >= 0.6 is 0 Å². The highest BCUT2D eigenvalue weighted by Crippen LogP contribution is 2.27. The predicted octanol–water partition coefficient (Wildman–Crippen LogP) is 3.76. The normalized spacial score (nSPS) is 10.9. The summed E-state index contributed by atoms with van der Waals surface area (Å²) in [7, 11) is 1.88. The number of hydrogen-bond donors (Lipinski definition) is 1. The van der Waals surface area contributed by atoms with Crippen LogP contribution in [0.25, 0.3) is 22.0 Å². The molecule has 0 atom stereocenters. The first-order valence-electron chi connectivity index (χ1n) is 6.56. The molecule has 1 N–H and O–H groups in total. The number of hydrogen-bond acceptors (Lipinski definition) is 2. The van der Waals surface area contributed by atoms with E-state index in [9.17, 15) is 4.39 Å². The van der Waals surface area contributed by atoms with E-state index in [1.54, 1.807) is 12.3 Å². The van der Waals surface area contributed by atoms with Crippen LogP contribution in [0, 0.1) is 5.82 Å². The van der Waals surface area contributed by atoms with Gasteiger partial charge in [-0.05, 0) is 48.0 Å². The molecule has 100 valence electrons. The Morgan fingerprint density at radius 2 is 2.00 bits per heavy atom. The van der Waals surface area contributed by atoms with Crippen LogP contribution in [0.15, 0.2) is 54.7 Å². The molecule has 0 saturated heterocycles. The Bertz CT molecular complexity index is 753. The fourth-order valence-corrected chi connectivity index (χ4v) is 2.40. The molecular formula is C17H15FN2. The number of rotatable bonds is 3. The predicted molar refractivity (Wildman–Crippen MR) is 79.9 cm³/mol. The van der Waals surface area contributed by atoms with E-state index in [2.05, 4.69) is 10.3 Å². The molecule has 20 heavy (non-hydrogen) atoms. The monoisotopic (exact) mass is 266 g/mol. The van der Waals surface area contributed by atoms with Crippen molar-refractivity contribution in [3.63, 3.8) is 0 Å². The van der Waals surface area contributed by atoms with Crippen molar-refractivity contribution < 1.29 is 4.39 Å². The lowest BCUT2D eigenvalue weighted by atomic mass is 9.98. The lowest BCUT2D eigenvalue weighted by molar-refractivity contribution is 0.627. The molecule has 0 amide bonds. The third-order valence-electron chi connectivity index (χ3n) is 3.36. The number of aromatic nitrogens is 1. The first-order valence-corrected chi connectivity index (χ1v) is 6.56. The third-order valence-corrected chi connectivity index (χ3v) is 3.36. The lowest BCUT2D eigenvalue weighted by Gasteiger charge is -2.10. The number of pyridine rings is 1. The van der Waals surface area contributed by atoms with Gasteiger partial charge < -0.3 is 5.32 Å². The molecule has 0 aliphatic heterocycles. The summed E-state index contributed by atoms with van der Waals surface area (Å²) in [5, 5.41) is 4.20. The van der Waals surface area contributed by atoms with E-state index in [0.29, 0.717) is 6.54 Å². The van der Waals surface area contributed by atoms with Crippen molar-refractivity contribution in [2.45, 2.75) is 6.54 Å². The van der Waals surface area contributed by atoms with Crippen LogP contribution in [-0.2, 0) is 6.54 Å². The van der Waals surface area contributed by atoms with Gasteiger partial charge in [0.25, 0.3) is 0 Å². The minimum Gasteiger partial charge on any atom is -0.316 e. The van der Waals surface area contributed by atoms with Gasteiger partial charge in [-0.3, -0.25) is 4.98 Å².